The molecule has 0 bridgehead atoms. The van der Waals surface area contributed by atoms with Crippen molar-refractivity contribution in [1.82, 2.24) is 15.5 Å². The van der Waals surface area contributed by atoms with Crippen molar-refractivity contribution in [2.24, 2.45) is 5.92 Å². The number of fused-ring (bicyclic) bond motifs is 4. The van der Waals surface area contributed by atoms with E-state index in [1.54, 1.807) is 0 Å². The van der Waals surface area contributed by atoms with Crippen molar-refractivity contribution < 1.29 is 4.79 Å². The molecular formula is C25H30BrN3O. The van der Waals surface area contributed by atoms with Gasteiger partial charge in [0, 0.05) is 35.2 Å². The van der Waals surface area contributed by atoms with Crippen molar-refractivity contribution in [1.29, 1.82) is 0 Å². The van der Waals surface area contributed by atoms with Gasteiger partial charge in [0.15, 0.2) is 0 Å². The van der Waals surface area contributed by atoms with Gasteiger partial charge in [-0.1, -0.05) is 46.3 Å². The Morgan fingerprint density at radius 3 is 2.93 bits per heavy atom. The first-order chi connectivity index (χ1) is 14.6. The number of amides is 1. The third-order valence-corrected chi connectivity index (χ3v) is 7.70. The maximum Gasteiger partial charge on any atom is 0.252 e. The van der Waals surface area contributed by atoms with Crippen LogP contribution in [0.4, 0.5) is 0 Å². The first-order valence-electron chi connectivity index (χ1n) is 11.3. The summed E-state index contributed by atoms with van der Waals surface area (Å²) in [6.07, 6.45) is 4.74. The largest absolute Gasteiger partial charge is 0.346 e. The molecule has 3 heterocycles. The Hall–Kier alpha value is -1.69. The highest BCUT2D eigenvalue weighted by Gasteiger charge is 2.41. The van der Waals surface area contributed by atoms with Gasteiger partial charge in [0.25, 0.3) is 5.91 Å². The molecule has 0 saturated carbocycles. The summed E-state index contributed by atoms with van der Waals surface area (Å²) in [6.45, 7) is 5.43. The summed E-state index contributed by atoms with van der Waals surface area (Å²) < 4.78 is 0.997. The van der Waals surface area contributed by atoms with Crippen LogP contribution in [-0.4, -0.2) is 36.5 Å². The lowest BCUT2D eigenvalue weighted by Crippen LogP contribution is -2.55. The van der Waals surface area contributed by atoms with E-state index in [0.717, 1.165) is 54.0 Å². The molecule has 158 valence electrons. The Bertz CT molecular complexity index is 931. The summed E-state index contributed by atoms with van der Waals surface area (Å²) in [5.74, 6) is 0.784. The van der Waals surface area contributed by atoms with Gasteiger partial charge < -0.3 is 10.6 Å². The summed E-state index contributed by atoms with van der Waals surface area (Å²) in [5.41, 5.74) is 4.56. The molecule has 2 N–H and O–H groups in total. The van der Waals surface area contributed by atoms with E-state index in [9.17, 15) is 4.79 Å². The van der Waals surface area contributed by atoms with E-state index in [4.69, 9.17) is 0 Å². The van der Waals surface area contributed by atoms with Gasteiger partial charge in [0.1, 0.15) is 0 Å². The SMILES string of the molecule is C[C@@H](NC(=O)c1cc(Br)cc2c1[C@H]1C[C@H]3NCCC[C@H]3CN1CC2)c1ccccc1. The smallest absolute Gasteiger partial charge is 0.252 e. The Labute approximate surface area is 187 Å². The molecule has 2 saturated heterocycles. The molecule has 5 rings (SSSR count). The molecule has 5 heteroatoms. The Balaban J connectivity index is 1.45. The second kappa shape index (κ2) is 8.45. The molecule has 3 aliphatic heterocycles. The van der Waals surface area contributed by atoms with Crippen molar-refractivity contribution in [2.75, 3.05) is 19.6 Å². The first kappa shape index (κ1) is 20.2. The average molecular weight is 468 g/mol. The number of hydrogen-bond donors (Lipinski definition) is 2. The Morgan fingerprint density at radius 2 is 2.10 bits per heavy atom. The topological polar surface area (TPSA) is 44.4 Å². The summed E-state index contributed by atoms with van der Waals surface area (Å²) in [5, 5.41) is 7.01. The number of nitrogens with zero attached hydrogens (tertiary/aromatic N) is 1. The van der Waals surface area contributed by atoms with Crippen molar-refractivity contribution >= 4 is 21.8 Å². The van der Waals surface area contributed by atoms with Gasteiger partial charge in [-0.25, -0.2) is 0 Å². The van der Waals surface area contributed by atoms with Crippen molar-refractivity contribution in [3.05, 3.63) is 69.2 Å². The van der Waals surface area contributed by atoms with Crippen LogP contribution < -0.4 is 10.6 Å². The van der Waals surface area contributed by atoms with Crippen molar-refractivity contribution in [3.63, 3.8) is 0 Å². The fourth-order valence-electron chi connectivity index (χ4n) is 5.71. The van der Waals surface area contributed by atoms with Crippen LogP contribution in [0, 0.1) is 5.92 Å². The lowest BCUT2D eigenvalue weighted by atomic mass is 9.76. The highest BCUT2D eigenvalue weighted by molar-refractivity contribution is 9.10. The molecule has 2 aromatic carbocycles. The molecule has 0 radical (unpaired) electrons. The van der Waals surface area contributed by atoms with Gasteiger partial charge in [-0.05, 0) is 73.9 Å². The highest BCUT2D eigenvalue weighted by atomic mass is 79.9. The number of rotatable bonds is 3. The van der Waals surface area contributed by atoms with Crippen LogP contribution in [0.15, 0.2) is 46.9 Å². The van der Waals surface area contributed by atoms with E-state index in [1.165, 1.54) is 24.0 Å². The average Bonchev–Trinajstić information content (AvgIpc) is 2.77. The number of carbonyl (C=O) groups is 1. The molecule has 3 aliphatic rings. The molecule has 4 atom stereocenters. The quantitative estimate of drug-likeness (QED) is 0.692. The molecule has 4 nitrogen and oxygen atoms in total. The Morgan fingerprint density at radius 1 is 1.27 bits per heavy atom. The van der Waals surface area contributed by atoms with Crippen LogP contribution in [0.25, 0.3) is 0 Å². The van der Waals surface area contributed by atoms with E-state index in [1.807, 2.05) is 24.3 Å². The van der Waals surface area contributed by atoms with Gasteiger partial charge >= 0.3 is 0 Å². The minimum Gasteiger partial charge on any atom is -0.346 e. The van der Waals surface area contributed by atoms with Crippen molar-refractivity contribution in [3.8, 4) is 0 Å². The maximum atomic E-state index is 13.4. The normalized spacial score (nSPS) is 26.8. The van der Waals surface area contributed by atoms with Gasteiger partial charge in [0.2, 0.25) is 0 Å². The van der Waals surface area contributed by atoms with Crippen LogP contribution in [0.5, 0.6) is 0 Å². The summed E-state index contributed by atoms with van der Waals surface area (Å²) in [4.78, 5) is 16.1. The fraction of sp³-hybridized carbons (Fsp3) is 0.480. The summed E-state index contributed by atoms with van der Waals surface area (Å²) >= 11 is 3.66. The van der Waals surface area contributed by atoms with E-state index in [0.29, 0.717) is 12.1 Å². The predicted octanol–water partition coefficient (Wildman–Crippen LogP) is 4.61. The van der Waals surface area contributed by atoms with Crippen LogP contribution in [0.1, 0.15) is 65.3 Å². The molecule has 0 aliphatic carbocycles. The second-order valence-corrected chi connectivity index (χ2v) is 10.0. The van der Waals surface area contributed by atoms with E-state index < -0.39 is 0 Å². The number of nitrogens with one attached hydrogen (secondary N) is 2. The third-order valence-electron chi connectivity index (χ3n) is 7.24. The minimum atomic E-state index is -0.0243. The van der Waals surface area contributed by atoms with Crippen LogP contribution >= 0.6 is 15.9 Å². The van der Waals surface area contributed by atoms with Gasteiger partial charge in [0.05, 0.1) is 6.04 Å². The Kier molecular flexibility index (Phi) is 5.69. The molecule has 0 unspecified atom stereocenters. The first-order valence-corrected chi connectivity index (χ1v) is 12.0. The molecule has 30 heavy (non-hydrogen) atoms. The molecule has 2 aromatic rings. The molecule has 0 aromatic heterocycles. The van der Waals surface area contributed by atoms with Crippen LogP contribution in [0.3, 0.4) is 0 Å². The number of benzene rings is 2. The molecular weight excluding hydrogens is 438 g/mol. The lowest BCUT2D eigenvalue weighted by Gasteiger charge is -2.49. The monoisotopic (exact) mass is 467 g/mol. The van der Waals surface area contributed by atoms with Crippen molar-refractivity contribution in [2.45, 2.75) is 50.7 Å². The zero-order chi connectivity index (χ0) is 20.7. The zero-order valence-corrected chi connectivity index (χ0v) is 19.1. The number of halogens is 1. The zero-order valence-electron chi connectivity index (χ0n) is 17.5. The van der Waals surface area contributed by atoms with Gasteiger partial charge in [-0.15, -0.1) is 0 Å². The summed E-state index contributed by atoms with van der Waals surface area (Å²) in [6, 6.07) is 15.3. The number of piperidine rings is 2. The van der Waals surface area contributed by atoms with Gasteiger partial charge in [-0.3, -0.25) is 9.69 Å². The van der Waals surface area contributed by atoms with E-state index in [-0.39, 0.29) is 11.9 Å². The van der Waals surface area contributed by atoms with E-state index >= 15 is 0 Å². The number of carbonyl (C=O) groups excluding carboxylic acids is 1. The highest BCUT2D eigenvalue weighted by Crippen LogP contribution is 2.43. The van der Waals surface area contributed by atoms with E-state index in [2.05, 4.69) is 56.6 Å². The lowest BCUT2D eigenvalue weighted by molar-refractivity contribution is 0.0542. The van der Waals surface area contributed by atoms with Crippen LogP contribution in [-0.2, 0) is 6.42 Å². The molecule has 1 amide bonds. The molecule has 0 spiro atoms. The number of hydrogen-bond acceptors (Lipinski definition) is 3. The minimum absolute atomic E-state index is 0.0243. The van der Waals surface area contributed by atoms with Crippen LogP contribution in [0.2, 0.25) is 0 Å². The second-order valence-electron chi connectivity index (χ2n) is 9.09. The fourth-order valence-corrected chi connectivity index (χ4v) is 6.21. The van der Waals surface area contributed by atoms with Gasteiger partial charge in [-0.2, -0.15) is 0 Å². The maximum absolute atomic E-state index is 13.4. The predicted molar refractivity (Wildman–Crippen MR) is 124 cm³/mol. The summed E-state index contributed by atoms with van der Waals surface area (Å²) in [7, 11) is 0. The third kappa shape index (κ3) is 3.83. The standard InChI is InChI=1S/C25H30BrN3O/c1-16(17-6-3-2-4-7-17)28-25(30)21-13-20(26)12-18-9-11-29-15-19-8-5-10-27-22(19)14-23(29)24(18)21/h2-4,6-7,12-13,16,19,22-23,27H,5,8-11,14-15H2,1H3,(H,28,30)/t16-,19+,22-,23-/m1/s1. The molecule has 2 fully saturated rings.